The van der Waals surface area contributed by atoms with E-state index in [-0.39, 0.29) is 0 Å². The Balaban J connectivity index is 1.66. The molecule has 3 rings (SSSR count). The van der Waals surface area contributed by atoms with Crippen molar-refractivity contribution in [1.82, 2.24) is 10.3 Å². The molecule has 4 heteroatoms. The van der Waals surface area contributed by atoms with Crippen LogP contribution in [0.25, 0.3) is 0 Å². The monoisotopic (exact) mass is 310 g/mol. The van der Waals surface area contributed by atoms with Crippen LogP contribution < -0.4 is 5.32 Å². The van der Waals surface area contributed by atoms with Gasteiger partial charge in [-0.1, -0.05) is 12.1 Å². The number of benzene rings is 1. The van der Waals surface area contributed by atoms with E-state index in [9.17, 15) is 9.90 Å². The third kappa shape index (κ3) is 3.77. The molecule has 0 spiro atoms. The first-order chi connectivity index (χ1) is 11.1. The van der Waals surface area contributed by atoms with E-state index in [4.69, 9.17) is 0 Å². The molecule has 1 unspecified atom stereocenters. The van der Waals surface area contributed by atoms with E-state index in [0.29, 0.717) is 11.5 Å². The Morgan fingerprint density at radius 1 is 1.35 bits per heavy atom. The Labute approximate surface area is 136 Å². The van der Waals surface area contributed by atoms with E-state index in [0.717, 1.165) is 43.6 Å². The van der Waals surface area contributed by atoms with E-state index in [1.807, 2.05) is 31.3 Å². The summed E-state index contributed by atoms with van der Waals surface area (Å²) in [5.41, 5.74) is 5.07. The molecule has 0 bridgehead atoms. The van der Waals surface area contributed by atoms with Crippen molar-refractivity contribution in [1.29, 1.82) is 0 Å². The lowest BCUT2D eigenvalue weighted by Crippen LogP contribution is -2.24. The van der Waals surface area contributed by atoms with Gasteiger partial charge >= 0.3 is 5.97 Å². The lowest BCUT2D eigenvalue weighted by Gasteiger charge is -2.26. The minimum atomic E-state index is -0.853. The van der Waals surface area contributed by atoms with E-state index < -0.39 is 5.97 Å². The predicted molar refractivity (Wildman–Crippen MR) is 89.8 cm³/mol. The number of fused-ring (bicyclic) bond motifs is 1. The van der Waals surface area contributed by atoms with Gasteiger partial charge in [0.2, 0.25) is 0 Å². The number of aromatic nitrogens is 1. The number of nitrogens with zero attached hydrogens (tertiary/aromatic N) is 1. The molecule has 0 aliphatic heterocycles. The van der Waals surface area contributed by atoms with Gasteiger partial charge in [-0.15, -0.1) is 0 Å². The van der Waals surface area contributed by atoms with Gasteiger partial charge in [-0.25, -0.2) is 4.79 Å². The smallest absolute Gasteiger partial charge is 0.335 e. The lowest BCUT2D eigenvalue weighted by atomic mass is 9.82. The molecule has 120 valence electrons. The SMILES string of the molecule is Cc1ccc(CNCC2CCCc3ccc(C(=O)O)cc32)nc1. The van der Waals surface area contributed by atoms with Crippen LogP contribution in [0.1, 0.15) is 51.5 Å². The Morgan fingerprint density at radius 3 is 2.96 bits per heavy atom. The van der Waals surface area contributed by atoms with Crippen molar-refractivity contribution in [3.8, 4) is 0 Å². The number of rotatable bonds is 5. The van der Waals surface area contributed by atoms with Gasteiger partial charge in [-0.2, -0.15) is 0 Å². The maximum Gasteiger partial charge on any atom is 0.335 e. The van der Waals surface area contributed by atoms with Gasteiger partial charge < -0.3 is 10.4 Å². The quantitative estimate of drug-likeness (QED) is 0.889. The number of carboxylic acid groups (broad SMARTS) is 1. The number of hydrogen-bond acceptors (Lipinski definition) is 3. The molecule has 0 radical (unpaired) electrons. The number of aryl methyl sites for hydroxylation is 2. The number of carboxylic acids is 1. The zero-order chi connectivity index (χ0) is 16.2. The van der Waals surface area contributed by atoms with Gasteiger partial charge in [0.1, 0.15) is 0 Å². The Morgan fingerprint density at radius 2 is 2.22 bits per heavy atom. The fourth-order valence-electron chi connectivity index (χ4n) is 3.22. The van der Waals surface area contributed by atoms with Crippen molar-refractivity contribution in [2.24, 2.45) is 0 Å². The average molecular weight is 310 g/mol. The van der Waals surface area contributed by atoms with Crippen LogP contribution in [0.4, 0.5) is 0 Å². The molecule has 2 aromatic rings. The number of pyridine rings is 1. The summed E-state index contributed by atoms with van der Waals surface area (Å²) in [5.74, 6) is -0.475. The lowest BCUT2D eigenvalue weighted by molar-refractivity contribution is 0.0696. The summed E-state index contributed by atoms with van der Waals surface area (Å²) in [7, 11) is 0. The number of carbonyl (C=O) groups is 1. The third-order valence-corrected chi connectivity index (χ3v) is 4.50. The molecule has 0 fully saturated rings. The second-order valence-electron chi connectivity index (χ2n) is 6.27. The molecule has 1 atom stereocenters. The highest BCUT2D eigenvalue weighted by Gasteiger charge is 2.21. The standard InChI is InChI=1S/C19H22N2O2/c1-13-5-8-17(21-10-13)12-20-11-16-4-2-3-14-6-7-15(19(22)23)9-18(14)16/h5-10,16,20H,2-4,11-12H2,1H3,(H,22,23). The predicted octanol–water partition coefficient (Wildman–Crippen LogP) is 3.30. The fourth-order valence-corrected chi connectivity index (χ4v) is 3.22. The zero-order valence-corrected chi connectivity index (χ0v) is 13.4. The number of hydrogen-bond donors (Lipinski definition) is 2. The van der Waals surface area contributed by atoms with Gasteiger partial charge in [-0.05, 0) is 67.0 Å². The molecule has 1 aromatic carbocycles. The van der Waals surface area contributed by atoms with Gasteiger partial charge in [0, 0.05) is 19.3 Å². The minimum absolute atomic E-state index is 0.378. The molecule has 4 nitrogen and oxygen atoms in total. The highest BCUT2D eigenvalue weighted by atomic mass is 16.4. The van der Waals surface area contributed by atoms with E-state index in [1.54, 1.807) is 6.07 Å². The topological polar surface area (TPSA) is 62.2 Å². The Bertz CT molecular complexity index is 695. The number of nitrogens with one attached hydrogen (secondary N) is 1. The molecule has 23 heavy (non-hydrogen) atoms. The first-order valence-corrected chi connectivity index (χ1v) is 8.12. The van der Waals surface area contributed by atoms with Gasteiger partial charge in [0.15, 0.2) is 0 Å². The van der Waals surface area contributed by atoms with Crippen LogP contribution in [0.2, 0.25) is 0 Å². The zero-order valence-electron chi connectivity index (χ0n) is 13.4. The maximum atomic E-state index is 11.2. The van der Waals surface area contributed by atoms with Crippen molar-refractivity contribution in [2.75, 3.05) is 6.54 Å². The largest absolute Gasteiger partial charge is 0.478 e. The summed E-state index contributed by atoms with van der Waals surface area (Å²) < 4.78 is 0. The summed E-state index contributed by atoms with van der Waals surface area (Å²) in [6.45, 7) is 3.62. The van der Waals surface area contributed by atoms with Crippen LogP contribution >= 0.6 is 0 Å². The van der Waals surface area contributed by atoms with Gasteiger partial charge in [0.25, 0.3) is 0 Å². The number of aromatic carboxylic acids is 1. The molecule has 1 heterocycles. The molecule has 1 aliphatic carbocycles. The summed E-state index contributed by atoms with van der Waals surface area (Å²) in [6.07, 6.45) is 5.19. The molecular weight excluding hydrogens is 288 g/mol. The van der Waals surface area contributed by atoms with Gasteiger partial charge in [0.05, 0.1) is 11.3 Å². The minimum Gasteiger partial charge on any atom is -0.478 e. The van der Waals surface area contributed by atoms with Crippen LogP contribution in [0.15, 0.2) is 36.5 Å². The van der Waals surface area contributed by atoms with E-state index in [1.165, 1.54) is 11.1 Å². The summed E-state index contributed by atoms with van der Waals surface area (Å²) in [5, 5.41) is 12.7. The van der Waals surface area contributed by atoms with Crippen molar-refractivity contribution in [2.45, 2.75) is 38.6 Å². The molecule has 0 saturated carbocycles. The summed E-state index contributed by atoms with van der Waals surface area (Å²) in [4.78, 5) is 15.6. The highest BCUT2D eigenvalue weighted by Crippen LogP contribution is 2.32. The normalized spacial score (nSPS) is 16.8. The highest BCUT2D eigenvalue weighted by molar-refractivity contribution is 5.88. The van der Waals surface area contributed by atoms with E-state index in [2.05, 4.69) is 16.4 Å². The first-order valence-electron chi connectivity index (χ1n) is 8.12. The van der Waals surface area contributed by atoms with Gasteiger partial charge in [-0.3, -0.25) is 4.98 Å². The fraction of sp³-hybridized carbons (Fsp3) is 0.368. The van der Waals surface area contributed by atoms with Crippen LogP contribution in [-0.4, -0.2) is 22.6 Å². The van der Waals surface area contributed by atoms with Crippen molar-refractivity contribution < 1.29 is 9.90 Å². The van der Waals surface area contributed by atoms with Crippen LogP contribution in [0.3, 0.4) is 0 Å². The van der Waals surface area contributed by atoms with Crippen LogP contribution in [0, 0.1) is 6.92 Å². The van der Waals surface area contributed by atoms with Crippen LogP contribution in [0.5, 0.6) is 0 Å². The Hall–Kier alpha value is -2.20. The molecule has 2 N–H and O–H groups in total. The summed E-state index contributed by atoms with van der Waals surface area (Å²) >= 11 is 0. The third-order valence-electron chi connectivity index (χ3n) is 4.50. The second kappa shape index (κ2) is 6.92. The van der Waals surface area contributed by atoms with Crippen LogP contribution in [-0.2, 0) is 13.0 Å². The molecule has 1 aromatic heterocycles. The Kier molecular flexibility index (Phi) is 4.72. The molecule has 1 aliphatic rings. The molecule has 0 amide bonds. The molecule has 0 saturated heterocycles. The maximum absolute atomic E-state index is 11.2. The second-order valence-corrected chi connectivity index (χ2v) is 6.27. The van der Waals surface area contributed by atoms with Crippen molar-refractivity contribution in [3.05, 3.63) is 64.5 Å². The summed E-state index contributed by atoms with van der Waals surface area (Å²) in [6, 6.07) is 9.66. The van der Waals surface area contributed by atoms with Crippen molar-refractivity contribution >= 4 is 5.97 Å². The average Bonchev–Trinajstić information content (AvgIpc) is 2.56. The molecular formula is C19H22N2O2. The van der Waals surface area contributed by atoms with E-state index >= 15 is 0 Å². The first kappa shape index (κ1) is 15.7. The van der Waals surface area contributed by atoms with Crippen molar-refractivity contribution in [3.63, 3.8) is 0 Å².